The van der Waals surface area contributed by atoms with Crippen molar-refractivity contribution in [1.82, 2.24) is 5.32 Å². The molecule has 0 radical (unpaired) electrons. The fraction of sp³-hybridized carbons (Fsp3) is 0.571. The van der Waals surface area contributed by atoms with Crippen molar-refractivity contribution in [2.45, 2.75) is 12.8 Å². The maximum atomic E-state index is 5.27. The molecule has 0 fully saturated rings. The minimum atomic E-state index is 0.400. The molecule has 0 saturated carbocycles. The fourth-order valence-corrected chi connectivity index (χ4v) is 1.76. The first-order valence-corrected chi connectivity index (χ1v) is 6.03. The van der Waals surface area contributed by atoms with Gasteiger partial charge in [0, 0.05) is 33.2 Å². The Morgan fingerprint density at radius 2 is 1.82 bits per heavy atom. The lowest BCUT2D eigenvalue weighted by Gasteiger charge is -2.17. The number of aryl methyl sites for hydroxylation is 1. The molecule has 96 valence electrons. The number of ether oxygens (including phenoxy) is 2. The Labute approximate surface area is 104 Å². The molecule has 1 unspecified atom stereocenters. The number of hydrogen-bond donors (Lipinski definition) is 1. The van der Waals surface area contributed by atoms with E-state index in [1.807, 2.05) is 0 Å². The molecule has 1 aromatic carbocycles. The molecule has 0 aliphatic carbocycles. The van der Waals surface area contributed by atoms with Crippen molar-refractivity contribution in [3.63, 3.8) is 0 Å². The van der Waals surface area contributed by atoms with Crippen LogP contribution in [0.4, 0.5) is 0 Å². The van der Waals surface area contributed by atoms with Crippen LogP contribution in [-0.2, 0) is 9.47 Å². The molecular weight excluding hydrogens is 214 g/mol. The van der Waals surface area contributed by atoms with Crippen molar-refractivity contribution in [1.29, 1.82) is 0 Å². The predicted molar refractivity (Wildman–Crippen MR) is 70.5 cm³/mol. The maximum Gasteiger partial charge on any atom is 0.0587 e. The van der Waals surface area contributed by atoms with Gasteiger partial charge in [0.1, 0.15) is 0 Å². The minimum Gasteiger partial charge on any atom is -0.384 e. The lowest BCUT2D eigenvalue weighted by Crippen LogP contribution is -2.27. The Balaban J connectivity index is 2.49. The Bertz CT molecular complexity index is 298. The van der Waals surface area contributed by atoms with Gasteiger partial charge in [0.15, 0.2) is 0 Å². The molecule has 0 aliphatic rings. The van der Waals surface area contributed by atoms with Gasteiger partial charge in [-0.05, 0) is 12.5 Å². The third kappa shape index (κ3) is 5.31. The second kappa shape index (κ2) is 8.23. The predicted octanol–water partition coefficient (Wildman–Crippen LogP) is 1.96. The molecule has 17 heavy (non-hydrogen) atoms. The summed E-state index contributed by atoms with van der Waals surface area (Å²) >= 11 is 0. The number of nitrogens with one attached hydrogen (secondary N) is 1. The summed E-state index contributed by atoms with van der Waals surface area (Å²) in [6.07, 6.45) is 0. The topological polar surface area (TPSA) is 30.5 Å². The zero-order valence-electron chi connectivity index (χ0n) is 11.0. The summed E-state index contributed by atoms with van der Waals surface area (Å²) < 4.78 is 10.3. The van der Waals surface area contributed by atoms with Crippen LogP contribution in [0.3, 0.4) is 0 Å². The first kappa shape index (κ1) is 14.2. The largest absolute Gasteiger partial charge is 0.384 e. The summed E-state index contributed by atoms with van der Waals surface area (Å²) in [5, 5.41) is 3.38. The number of rotatable bonds is 8. The lowest BCUT2D eigenvalue weighted by molar-refractivity contribution is 0.172. The van der Waals surface area contributed by atoms with Crippen LogP contribution >= 0.6 is 0 Å². The van der Waals surface area contributed by atoms with Crippen LogP contribution in [0.2, 0.25) is 0 Å². The molecular formula is C14H23NO2. The van der Waals surface area contributed by atoms with Crippen LogP contribution in [0.5, 0.6) is 0 Å². The Kier molecular flexibility index (Phi) is 6.86. The van der Waals surface area contributed by atoms with Crippen LogP contribution in [0.25, 0.3) is 0 Å². The highest BCUT2D eigenvalue weighted by Gasteiger charge is 2.10. The number of methoxy groups -OCH3 is 2. The van der Waals surface area contributed by atoms with E-state index in [9.17, 15) is 0 Å². The van der Waals surface area contributed by atoms with E-state index in [1.165, 1.54) is 11.1 Å². The molecule has 0 aliphatic heterocycles. The number of hydrogen-bond acceptors (Lipinski definition) is 3. The fourth-order valence-electron chi connectivity index (χ4n) is 1.76. The van der Waals surface area contributed by atoms with E-state index in [1.54, 1.807) is 14.2 Å². The standard InChI is InChI=1S/C14H23NO2/c1-12-4-6-13(7-5-12)14(11-17-3)10-15-8-9-16-2/h4-7,14-15H,8-11H2,1-3H3. The average molecular weight is 237 g/mol. The smallest absolute Gasteiger partial charge is 0.0587 e. The molecule has 0 aromatic heterocycles. The Morgan fingerprint density at radius 3 is 2.41 bits per heavy atom. The van der Waals surface area contributed by atoms with Gasteiger partial charge in [0.25, 0.3) is 0 Å². The van der Waals surface area contributed by atoms with Gasteiger partial charge in [-0.25, -0.2) is 0 Å². The highest BCUT2D eigenvalue weighted by Crippen LogP contribution is 2.16. The van der Waals surface area contributed by atoms with Crippen molar-refractivity contribution < 1.29 is 9.47 Å². The van der Waals surface area contributed by atoms with E-state index < -0.39 is 0 Å². The summed E-state index contributed by atoms with van der Waals surface area (Å²) in [7, 11) is 3.46. The quantitative estimate of drug-likeness (QED) is 0.701. The van der Waals surface area contributed by atoms with Crippen molar-refractivity contribution in [3.8, 4) is 0 Å². The molecule has 0 spiro atoms. The third-order valence-corrected chi connectivity index (χ3v) is 2.79. The maximum absolute atomic E-state index is 5.27. The van der Waals surface area contributed by atoms with Gasteiger partial charge in [0.05, 0.1) is 13.2 Å². The van der Waals surface area contributed by atoms with Crippen LogP contribution < -0.4 is 5.32 Å². The van der Waals surface area contributed by atoms with E-state index in [2.05, 4.69) is 36.5 Å². The zero-order valence-corrected chi connectivity index (χ0v) is 11.0. The molecule has 0 amide bonds. The van der Waals surface area contributed by atoms with E-state index in [-0.39, 0.29) is 0 Å². The first-order valence-electron chi connectivity index (χ1n) is 6.03. The van der Waals surface area contributed by atoms with Gasteiger partial charge in [-0.1, -0.05) is 29.8 Å². The summed E-state index contributed by atoms with van der Waals surface area (Å²) in [5.41, 5.74) is 2.61. The SMILES string of the molecule is COCCNCC(COC)c1ccc(C)cc1. The van der Waals surface area contributed by atoms with Gasteiger partial charge in [-0.15, -0.1) is 0 Å². The molecule has 3 nitrogen and oxygen atoms in total. The van der Waals surface area contributed by atoms with Crippen LogP contribution in [0.1, 0.15) is 17.0 Å². The minimum absolute atomic E-state index is 0.400. The van der Waals surface area contributed by atoms with Crippen molar-refractivity contribution in [2.24, 2.45) is 0 Å². The van der Waals surface area contributed by atoms with Crippen molar-refractivity contribution in [2.75, 3.05) is 40.5 Å². The monoisotopic (exact) mass is 237 g/mol. The van der Waals surface area contributed by atoms with Gasteiger partial charge in [-0.3, -0.25) is 0 Å². The van der Waals surface area contributed by atoms with E-state index in [0.717, 1.165) is 26.3 Å². The van der Waals surface area contributed by atoms with E-state index in [0.29, 0.717) is 5.92 Å². The lowest BCUT2D eigenvalue weighted by atomic mass is 9.99. The van der Waals surface area contributed by atoms with Gasteiger partial charge >= 0.3 is 0 Å². The average Bonchev–Trinajstić information content (AvgIpc) is 2.34. The summed E-state index contributed by atoms with van der Waals surface area (Å²) in [5.74, 6) is 0.400. The highest BCUT2D eigenvalue weighted by atomic mass is 16.5. The van der Waals surface area contributed by atoms with Gasteiger partial charge in [0.2, 0.25) is 0 Å². The second-order valence-corrected chi connectivity index (χ2v) is 4.26. The molecule has 0 heterocycles. The Morgan fingerprint density at radius 1 is 1.12 bits per heavy atom. The van der Waals surface area contributed by atoms with E-state index in [4.69, 9.17) is 9.47 Å². The second-order valence-electron chi connectivity index (χ2n) is 4.26. The molecule has 1 atom stereocenters. The molecule has 0 saturated heterocycles. The molecule has 0 bridgehead atoms. The highest BCUT2D eigenvalue weighted by molar-refractivity contribution is 5.24. The van der Waals surface area contributed by atoms with Crippen molar-refractivity contribution in [3.05, 3.63) is 35.4 Å². The first-order chi connectivity index (χ1) is 8.27. The van der Waals surface area contributed by atoms with Crippen LogP contribution in [0.15, 0.2) is 24.3 Å². The third-order valence-electron chi connectivity index (χ3n) is 2.79. The normalized spacial score (nSPS) is 12.6. The van der Waals surface area contributed by atoms with Crippen LogP contribution in [0, 0.1) is 6.92 Å². The molecule has 1 aromatic rings. The summed E-state index contributed by atoms with van der Waals surface area (Å²) in [4.78, 5) is 0. The summed E-state index contributed by atoms with van der Waals surface area (Å²) in [6, 6.07) is 8.65. The van der Waals surface area contributed by atoms with Crippen molar-refractivity contribution >= 4 is 0 Å². The van der Waals surface area contributed by atoms with Crippen LogP contribution in [-0.4, -0.2) is 40.5 Å². The van der Waals surface area contributed by atoms with Gasteiger partial charge in [-0.2, -0.15) is 0 Å². The number of benzene rings is 1. The Hall–Kier alpha value is -0.900. The van der Waals surface area contributed by atoms with E-state index >= 15 is 0 Å². The zero-order chi connectivity index (χ0) is 12.5. The summed E-state index contributed by atoms with van der Waals surface area (Å²) in [6.45, 7) is 5.38. The van der Waals surface area contributed by atoms with Gasteiger partial charge < -0.3 is 14.8 Å². The molecule has 3 heteroatoms. The molecule has 1 N–H and O–H groups in total. The molecule has 1 rings (SSSR count).